The largest absolute Gasteiger partial charge is 0.357 e. The number of nitrogens with one attached hydrogen (secondary N) is 2. The molecule has 2 aromatic heterocycles. The molecule has 0 amide bonds. The van der Waals surface area contributed by atoms with E-state index in [4.69, 9.17) is 4.99 Å². The van der Waals surface area contributed by atoms with E-state index in [-0.39, 0.29) is 24.0 Å². The molecule has 0 atom stereocenters. The van der Waals surface area contributed by atoms with Crippen molar-refractivity contribution in [3.05, 3.63) is 59.3 Å². The van der Waals surface area contributed by atoms with Gasteiger partial charge >= 0.3 is 0 Å². The Morgan fingerprint density at radius 1 is 1.24 bits per heavy atom. The molecule has 3 rings (SSSR count). The third-order valence-corrected chi connectivity index (χ3v) is 4.84. The fraction of sp³-hybridized carbons (Fsp3) is 0.381. The second-order valence-corrected chi connectivity index (χ2v) is 6.91. The number of guanidine groups is 1. The Bertz CT molecular complexity index is 943. The Kier molecular flexibility index (Phi) is 8.24. The van der Waals surface area contributed by atoms with Crippen molar-refractivity contribution in [3.8, 4) is 11.3 Å². The summed E-state index contributed by atoms with van der Waals surface area (Å²) in [5.74, 6) is 1.75. The third-order valence-electron chi connectivity index (χ3n) is 4.84. The minimum Gasteiger partial charge on any atom is -0.357 e. The fourth-order valence-electron chi connectivity index (χ4n) is 3.18. The molecule has 7 nitrogen and oxygen atoms in total. The van der Waals surface area contributed by atoms with Gasteiger partial charge < -0.3 is 15.2 Å². The molecule has 8 heteroatoms. The summed E-state index contributed by atoms with van der Waals surface area (Å²) >= 11 is 0. The van der Waals surface area contributed by atoms with Crippen molar-refractivity contribution in [2.24, 2.45) is 12.0 Å². The molecule has 0 radical (unpaired) electrons. The lowest BCUT2D eigenvalue weighted by Crippen LogP contribution is -2.38. The van der Waals surface area contributed by atoms with Crippen molar-refractivity contribution in [2.75, 3.05) is 13.6 Å². The number of hydrogen-bond acceptors (Lipinski definition) is 3. The smallest absolute Gasteiger partial charge is 0.194 e. The van der Waals surface area contributed by atoms with E-state index in [0.717, 1.165) is 41.0 Å². The zero-order valence-electron chi connectivity index (χ0n) is 17.7. The number of hydrogen-bond donors (Lipinski definition) is 2. The molecule has 0 saturated carbocycles. The van der Waals surface area contributed by atoms with E-state index in [0.29, 0.717) is 13.1 Å². The van der Waals surface area contributed by atoms with Gasteiger partial charge in [0, 0.05) is 31.9 Å². The van der Waals surface area contributed by atoms with Crippen LogP contribution in [0.4, 0.5) is 0 Å². The lowest BCUT2D eigenvalue weighted by molar-refractivity contribution is 0.464. The SMILES string of the molecule is CCNC(=NCc1c(C)nn(C)c1C)N(C)Cc1ncc(-c2ccccc2)[nH]1.I. The fourth-order valence-corrected chi connectivity index (χ4v) is 3.18. The number of rotatable bonds is 6. The van der Waals surface area contributed by atoms with E-state index in [1.807, 2.05) is 50.1 Å². The van der Waals surface area contributed by atoms with Crippen LogP contribution < -0.4 is 5.32 Å². The van der Waals surface area contributed by atoms with Gasteiger partial charge in [0.2, 0.25) is 0 Å². The average Bonchev–Trinajstić information content (AvgIpc) is 3.24. The predicted molar refractivity (Wildman–Crippen MR) is 128 cm³/mol. The third kappa shape index (κ3) is 5.59. The summed E-state index contributed by atoms with van der Waals surface area (Å²) in [6.07, 6.45) is 1.88. The molecule has 0 aliphatic heterocycles. The van der Waals surface area contributed by atoms with Crippen LogP contribution in [0, 0.1) is 13.8 Å². The summed E-state index contributed by atoms with van der Waals surface area (Å²) in [5, 5.41) is 7.84. The molecule has 2 N–H and O–H groups in total. The number of aryl methyl sites for hydroxylation is 2. The van der Waals surface area contributed by atoms with Crippen molar-refractivity contribution >= 4 is 29.9 Å². The van der Waals surface area contributed by atoms with Crippen LogP contribution in [0.2, 0.25) is 0 Å². The van der Waals surface area contributed by atoms with Gasteiger partial charge in [0.1, 0.15) is 5.82 Å². The van der Waals surface area contributed by atoms with Gasteiger partial charge in [-0.1, -0.05) is 30.3 Å². The normalized spacial score (nSPS) is 11.3. The number of H-pyrrole nitrogens is 1. The number of benzene rings is 1. The lowest BCUT2D eigenvalue weighted by atomic mass is 10.2. The minimum absolute atomic E-state index is 0. The molecule has 0 spiro atoms. The minimum atomic E-state index is 0. The maximum Gasteiger partial charge on any atom is 0.194 e. The number of aromatic amines is 1. The van der Waals surface area contributed by atoms with Gasteiger partial charge in [0.25, 0.3) is 0 Å². The van der Waals surface area contributed by atoms with E-state index in [9.17, 15) is 0 Å². The molecule has 0 saturated heterocycles. The summed E-state index contributed by atoms with van der Waals surface area (Å²) in [6, 6.07) is 10.2. The molecule has 0 unspecified atom stereocenters. The highest BCUT2D eigenvalue weighted by atomic mass is 127. The van der Waals surface area contributed by atoms with Crippen LogP contribution >= 0.6 is 24.0 Å². The molecular weight excluding hydrogens is 477 g/mol. The Morgan fingerprint density at radius 2 is 1.97 bits per heavy atom. The molecule has 0 aliphatic rings. The second kappa shape index (κ2) is 10.4. The first kappa shape index (κ1) is 22.9. The second-order valence-electron chi connectivity index (χ2n) is 6.91. The molecule has 0 aliphatic carbocycles. The zero-order valence-corrected chi connectivity index (χ0v) is 20.1. The van der Waals surface area contributed by atoms with E-state index in [1.165, 1.54) is 5.56 Å². The standard InChI is InChI=1S/C21H29N7.HI/c1-6-22-21(24-12-18-15(2)26-28(5)16(18)3)27(4)14-20-23-13-19(25-20)17-10-8-7-9-11-17;/h7-11,13H,6,12,14H2,1-5H3,(H,22,24)(H,23,25);1H. The van der Waals surface area contributed by atoms with Gasteiger partial charge in [-0.3, -0.25) is 4.68 Å². The maximum absolute atomic E-state index is 4.82. The summed E-state index contributed by atoms with van der Waals surface area (Å²) in [4.78, 5) is 14.8. The first-order valence-electron chi connectivity index (χ1n) is 9.57. The topological polar surface area (TPSA) is 74.1 Å². The van der Waals surface area contributed by atoms with Crippen LogP contribution in [0.15, 0.2) is 41.5 Å². The van der Waals surface area contributed by atoms with Crippen molar-refractivity contribution < 1.29 is 0 Å². The van der Waals surface area contributed by atoms with Crippen molar-refractivity contribution in [2.45, 2.75) is 33.9 Å². The number of halogens is 1. The first-order chi connectivity index (χ1) is 13.5. The van der Waals surface area contributed by atoms with Crippen molar-refractivity contribution in [1.29, 1.82) is 0 Å². The lowest BCUT2D eigenvalue weighted by Gasteiger charge is -2.21. The van der Waals surface area contributed by atoms with Gasteiger partial charge in [-0.05, 0) is 26.3 Å². The van der Waals surface area contributed by atoms with Gasteiger partial charge in [0.15, 0.2) is 5.96 Å². The Labute approximate surface area is 189 Å². The molecule has 2 heterocycles. The van der Waals surface area contributed by atoms with E-state index in [2.05, 4.69) is 51.3 Å². The number of aromatic nitrogens is 4. The van der Waals surface area contributed by atoms with Gasteiger partial charge in [-0.25, -0.2) is 9.98 Å². The summed E-state index contributed by atoms with van der Waals surface area (Å²) in [7, 11) is 3.99. The van der Waals surface area contributed by atoms with Crippen LogP contribution in [0.25, 0.3) is 11.3 Å². The van der Waals surface area contributed by atoms with Gasteiger partial charge in [0.05, 0.1) is 30.7 Å². The molecular formula is C21H30IN7. The predicted octanol–water partition coefficient (Wildman–Crippen LogP) is 3.64. The van der Waals surface area contributed by atoms with Crippen LogP contribution in [0.3, 0.4) is 0 Å². The summed E-state index contributed by atoms with van der Waals surface area (Å²) in [6.45, 7) is 8.24. The average molecular weight is 507 g/mol. The van der Waals surface area contributed by atoms with Crippen LogP contribution in [0.5, 0.6) is 0 Å². The number of nitrogens with zero attached hydrogens (tertiary/aromatic N) is 5. The number of imidazole rings is 1. The summed E-state index contributed by atoms with van der Waals surface area (Å²) in [5.41, 5.74) is 5.51. The summed E-state index contributed by atoms with van der Waals surface area (Å²) < 4.78 is 1.91. The zero-order chi connectivity index (χ0) is 20.1. The van der Waals surface area contributed by atoms with E-state index in [1.54, 1.807) is 0 Å². The van der Waals surface area contributed by atoms with Gasteiger partial charge in [-0.2, -0.15) is 5.10 Å². The Hall–Kier alpha value is -2.36. The van der Waals surface area contributed by atoms with Gasteiger partial charge in [-0.15, -0.1) is 24.0 Å². The molecule has 0 bridgehead atoms. The van der Waals surface area contributed by atoms with Crippen molar-refractivity contribution in [1.82, 2.24) is 30.0 Å². The highest BCUT2D eigenvalue weighted by Crippen LogP contribution is 2.17. The van der Waals surface area contributed by atoms with E-state index < -0.39 is 0 Å². The quantitative estimate of drug-likeness (QED) is 0.304. The van der Waals surface area contributed by atoms with Crippen molar-refractivity contribution in [3.63, 3.8) is 0 Å². The van der Waals surface area contributed by atoms with Crippen LogP contribution in [0.1, 0.15) is 29.7 Å². The highest BCUT2D eigenvalue weighted by Gasteiger charge is 2.12. The Balaban J connectivity index is 0.00000300. The van der Waals surface area contributed by atoms with Crippen LogP contribution in [-0.4, -0.2) is 44.2 Å². The molecule has 0 fully saturated rings. The number of aliphatic imine (C=N–C) groups is 1. The molecule has 29 heavy (non-hydrogen) atoms. The first-order valence-corrected chi connectivity index (χ1v) is 9.57. The highest BCUT2D eigenvalue weighted by molar-refractivity contribution is 14.0. The van der Waals surface area contributed by atoms with E-state index >= 15 is 0 Å². The Morgan fingerprint density at radius 3 is 2.59 bits per heavy atom. The molecule has 3 aromatic rings. The maximum atomic E-state index is 4.82. The monoisotopic (exact) mass is 507 g/mol. The van der Waals surface area contributed by atoms with Crippen LogP contribution in [-0.2, 0) is 20.1 Å². The molecule has 1 aromatic carbocycles. The molecule has 156 valence electrons.